The van der Waals surface area contributed by atoms with Crippen LogP contribution >= 0.6 is 39.1 Å². The van der Waals surface area contributed by atoms with E-state index >= 15 is 0 Å². The molecule has 0 saturated heterocycles. The molecule has 0 unspecified atom stereocenters. The number of hydrogen-bond donors (Lipinski definition) is 1. The van der Waals surface area contributed by atoms with Crippen LogP contribution in [0.1, 0.15) is 5.69 Å². The van der Waals surface area contributed by atoms with E-state index in [1.54, 1.807) is 18.2 Å². The number of halogens is 3. The molecule has 0 saturated carbocycles. The number of imidazole rings is 1. The Kier molecular flexibility index (Phi) is 3.40. The van der Waals surface area contributed by atoms with Crippen LogP contribution in [0.5, 0.6) is 0 Å². The third-order valence-electron chi connectivity index (χ3n) is 3.18. The standard InChI is InChI=1S/C14H10BrCl2N3/c1-7-10(15)3-5-12-19-13(14(18)20(7)12)9-6-8(16)2-4-11(9)17/h2-6H,18H2,1H3. The highest BCUT2D eigenvalue weighted by molar-refractivity contribution is 9.10. The maximum atomic E-state index is 6.24. The highest BCUT2D eigenvalue weighted by atomic mass is 79.9. The molecule has 6 heteroatoms. The number of rotatable bonds is 1. The van der Waals surface area contributed by atoms with Crippen molar-refractivity contribution in [3.05, 3.63) is 50.5 Å². The molecule has 3 rings (SSSR count). The Morgan fingerprint density at radius 1 is 1.20 bits per heavy atom. The van der Waals surface area contributed by atoms with Gasteiger partial charge in [-0.2, -0.15) is 0 Å². The van der Waals surface area contributed by atoms with Gasteiger partial charge in [-0.1, -0.05) is 23.2 Å². The van der Waals surface area contributed by atoms with E-state index in [1.807, 2.05) is 23.5 Å². The zero-order valence-electron chi connectivity index (χ0n) is 10.5. The highest BCUT2D eigenvalue weighted by Gasteiger charge is 2.16. The first-order chi connectivity index (χ1) is 9.49. The van der Waals surface area contributed by atoms with Crippen LogP contribution in [0.4, 0.5) is 5.82 Å². The van der Waals surface area contributed by atoms with Crippen molar-refractivity contribution in [2.75, 3.05) is 5.73 Å². The van der Waals surface area contributed by atoms with Crippen molar-refractivity contribution < 1.29 is 0 Å². The van der Waals surface area contributed by atoms with Gasteiger partial charge in [-0.05, 0) is 53.2 Å². The van der Waals surface area contributed by atoms with E-state index < -0.39 is 0 Å². The molecule has 2 N–H and O–H groups in total. The molecule has 0 amide bonds. The lowest BCUT2D eigenvalue weighted by atomic mass is 10.1. The Hall–Kier alpha value is -1.23. The van der Waals surface area contributed by atoms with Crippen molar-refractivity contribution in [3.8, 4) is 11.3 Å². The Bertz CT molecular complexity index is 827. The van der Waals surface area contributed by atoms with E-state index in [1.165, 1.54) is 0 Å². The normalized spacial score (nSPS) is 11.2. The summed E-state index contributed by atoms with van der Waals surface area (Å²) < 4.78 is 2.86. The van der Waals surface area contributed by atoms with Crippen molar-refractivity contribution in [1.29, 1.82) is 0 Å². The average Bonchev–Trinajstić information content (AvgIpc) is 2.75. The van der Waals surface area contributed by atoms with Gasteiger partial charge in [-0.25, -0.2) is 4.98 Å². The van der Waals surface area contributed by atoms with Crippen molar-refractivity contribution in [2.45, 2.75) is 6.92 Å². The largest absolute Gasteiger partial charge is 0.383 e. The van der Waals surface area contributed by atoms with Gasteiger partial charge in [0, 0.05) is 20.8 Å². The van der Waals surface area contributed by atoms with Crippen LogP contribution in [0.2, 0.25) is 10.0 Å². The average molecular weight is 371 g/mol. The minimum atomic E-state index is 0.544. The summed E-state index contributed by atoms with van der Waals surface area (Å²) >= 11 is 15.8. The lowest BCUT2D eigenvalue weighted by Gasteiger charge is -2.05. The third-order valence-corrected chi connectivity index (χ3v) is 4.59. The number of anilines is 1. The fourth-order valence-corrected chi connectivity index (χ4v) is 2.86. The smallest absolute Gasteiger partial charge is 0.139 e. The summed E-state index contributed by atoms with van der Waals surface area (Å²) in [6.07, 6.45) is 0. The van der Waals surface area contributed by atoms with Gasteiger partial charge in [0.15, 0.2) is 0 Å². The first-order valence-electron chi connectivity index (χ1n) is 5.87. The van der Waals surface area contributed by atoms with E-state index in [4.69, 9.17) is 28.9 Å². The molecule has 0 spiro atoms. The second-order valence-corrected chi connectivity index (χ2v) is 6.13. The molecule has 3 aromatic rings. The molecule has 0 aliphatic rings. The van der Waals surface area contributed by atoms with E-state index in [0.717, 1.165) is 21.4 Å². The summed E-state index contributed by atoms with van der Waals surface area (Å²) in [6.45, 7) is 1.97. The quantitative estimate of drug-likeness (QED) is 0.657. The molecule has 2 heterocycles. The van der Waals surface area contributed by atoms with Gasteiger partial charge in [-0.3, -0.25) is 4.40 Å². The predicted molar refractivity (Wildman–Crippen MR) is 87.5 cm³/mol. The zero-order valence-corrected chi connectivity index (χ0v) is 13.6. The van der Waals surface area contributed by atoms with Crippen molar-refractivity contribution >= 4 is 50.6 Å². The van der Waals surface area contributed by atoms with Crippen LogP contribution in [0, 0.1) is 6.92 Å². The minimum absolute atomic E-state index is 0.544. The van der Waals surface area contributed by atoms with Crippen LogP contribution < -0.4 is 5.73 Å². The molecular weight excluding hydrogens is 361 g/mol. The molecule has 0 atom stereocenters. The predicted octanol–water partition coefficient (Wildman–Crippen LogP) is 4.96. The summed E-state index contributed by atoms with van der Waals surface area (Å²) in [6, 6.07) is 9.09. The number of hydrogen-bond acceptors (Lipinski definition) is 2. The second kappa shape index (κ2) is 4.95. The van der Waals surface area contributed by atoms with E-state index in [-0.39, 0.29) is 0 Å². The Morgan fingerprint density at radius 2 is 1.95 bits per heavy atom. The molecule has 0 aliphatic heterocycles. The third kappa shape index (κ3) is 2.08. The molecule has 0 fully saturated rings. The van der Waals surface area contributed by atoms with Crippen LogP contribution in [-0.4, -0.2) is 9.38 Å². The van der Waals surface area contributed by atoms with E-state index in [9.17, 15) is 0 Å². The summed E-state index contributed by atoms with van der Waals surface area (Å²) in [5, 5.41) is 1.17. The number of nitrogen functional groups attached to an aromatic ring is 1. The SMILES string of the molecule is Cc1c(Br)ccc2nc(-c3cc(Cl)ccc3Cl)c(N)n12. The first kappa shape index (κ1) is 13.7. The lowest BCUT2D eigenvalue weighted by molar-refractivity contribution is 1.09. The highest BCUT2D eigenvalue weighted by Crippen LogP contribution is 2.35. The summed E-state index contributed by atoms with van der Waals surface area (Å²) in [4.78, 5) is 4.56. The topological polar surface area (TPSA) is 43.3 Å². The van der Waals surface area contributed by atoms with Crippen molar-refractivity contribution in [2.24, 2.45) is 0 Å². The number of aryl methyl sites for hydroxylation is 1. The number of fused-ring (bicyclic) bond motifs is 1. The first-order valence-corrected chi connectivity index (χ1v) is 7.42. The molecule has 102 valence electrons. The molecule has 2 aromatic heterocycles. The molecule has 0 aliphatic carbocycles. The Labute approximate surface area is 134 Å². The molecule has 20 heavy (non-hydrogen) atoms. The maximum Gasteiger partial charge on any atom is 0.139 e. The second-order valence-electron chi connectivity index (χ2n) is 4.43. The van der Waals surface area contributed by atoms with Gasteiger partial charge in [0.25, 0.3) is 0 Å². The van der Waals surface area contributed by atoms with Gasteiger partial charge in [-0.15, -0.1) is 0 Å². The van der Waals surface area contributed by atoms with E-state index in [2.05, 4.69) is 20.9 Å². The van der Waals surface area contributed by atoms with Crippen LogP contribution in [0.25, 0.3) is 16.9 Å². The van der Waals surface area contributed by atoms with Crippen molar-refractivity contribution in [1.82, 2.24) is 9.38 Å². The number of aromatic nitrogens is 2. The summed E-state index contributed by atoms with van der Waals surface area (Å²) in [7, 11) is 0. The Morgan fingerprint density at radius 3 is 2.70 bits per heavy atom. The zero-order chi connectivity index (χ0) is 14.4. The number of pyridine rings is 1. The van der Waals surface area contributed by atoms with Gasteiger partial charge in [0.1, 0.15) is 17.2 Å². The molecule has 0 radical (unpaired) electrons. The lowest BCUT2D eigenvalue weighted by Crippen LogP contribution is -1.98. The van der Waals surface area contributed by atoms with Gasteiger partial charge in [0.05, 0.1) is 5.02 Å². The monoisotopic (exact) mass is 369 g/mol. The minimum Gasteiger partial charge on any atom is -0.383 e. The summed E-state index contributed by atoms with van der Waals surface area (Å²) in [5.74, 6) is 0.544. The fourth-order valence-electron chi connectivity index (χ4n) is 2.17. The van der Waals surface area contributed by atoms with E-state index in [0.29, 0.717) is 21.6 Å². The molecule has 3 nitrogen and oxygen atoms in total. The number of nitrogens with zero attached hydrogens (tertiary/aromatic N) is 2. The maximum absolute atomic E-state index is 6.24. The van der Waals surface area contributed by atoms with Gasteiger partial charge < -0.3 is 5.73 Å². The van der Waals surface area contributed by atoms with Crippen LogP contribution in [-0.2, 0) is 0 Å². The van der Waals surface area contributed by atoms with Crippen LogP contribution in [0.3, 0.4) is 0 Å². The van der Waals surface area contributed by atoms with Gasteiger partial charge >= 0.3 is 0 Å². The molecule has 1 aromatic carbocycles. The van der Waals surface area contributed by atoms with Crippen molar-refractivity contribution in [3.63, 3.8) is 0 Å². The molecular formula is C14H10BrCl2N3. The number of benzene rings is 1. The van der Waals surface area contributed by atoms with Gasteiger partial charge in [0.2, 0.25) is 0 Å². The van der Waals surface area contributed by atoms with Crippen LogP contribution in [0.15, 0.2) is 34.8 Å². The summed E-state index contributed by atoms with van der Waals surface area (Å²) in [5.41, 5.74) is 9.36. The fraction of sp³-hybridized carbons (Fsp3) is 0.0714. The molecule has 0 bridgehead atoms. The number of nitrogens with two attached hydrogens (primary N) is 1. The Balaban J connectivity index is 2.35.